The van der Waals surface area contributed by atoms with E-state index in [0.717, 1.165) is 37.9 Å². The van der Waals surface area contributed by atoms with Gasteiger partial charge >= 0.3 is 6.18 Å². The Balaban J connectivity index is 1.52. The van der Waals surface area contributed by atoms with Crippen molar-refractivity contribution in [1.29, 1.82) is 0 Å². The SMILES string of the molecule is COC1=CC(NS(C)(=O)=O)=CCC1NCC#Cc1cc2c(NC3CCN(C)CC3)cccc2n1CC(F)(F)F. The molecule has 2 aromatic rings. The summed E-state index contributed by atoms with van der Waals surface area (Å²) in [6, 6.07) is 7.10. The van der Waals surface area contributed by atoms with Crippen molar-refractivity contribution in [2.75, 3.05) is 45.4 Å². The van der Waals surface area contributed by atoms with Crippen molar-refractivity contribution in [2.45, 2.75) is 44.1 Å². The van der Waals surface area contributed by atoms with Crippen LogP contribution in [0.1, 0.15) is 25.0 Å². The van der Waals surface area contributed by atoms with E-state index in [2.05, 4.69) is 39.1 Å². The number of alkyl halides is 3. The Morgan fingerprint density at radius 1 is 1.21 bits per heavy atom. The number of benzene rings is 1. The largest absolute Gasteiger partial charge is 0.499 e. The molecule has 2 aliphatic rings. The lowest BCUT2D eigenvalue weighted by atomic mass is 10.0. The number of rotatable bonds is 8. The third-order valence-electron chi connectivity index (χ3n) is 6.77. The highest BCUT2D eigenvalue weighted by Gasteiger charge is 2.30. The van der Waals surface area contributed by atoms with Crippen LogP contribution in [-0.2, 0) is 21.3 Å². The van der Waals surface area contributed by atoms with E-state index in [1.165, 1.54) is 11.7 Å². The number of nitrogens with one attached hydrogen (secondary N) is 3. The first kappa shape index (κ1) is 28.9. The molecule has 4 rings (SSSR count). The second-order valence-corrected chi connectivity index (χ2v) is 11.7. The summed E-state index contributed by atoms with van der Waals surface area (Å²) in [7, 11) is 0.154. The van der Waals surface area contributed by atoms with Crippen LogP contribution in [0.15, 0.2) is 47.9 Å². The molecule has 1 aliphatic carbocycles. The number of sulfonamides is 1. The molecule has 1 saturated heterocycles. The Hall–Kier alpha value is -3.14. The standard InChI is InChI=1S/C27H34F3N5O3S/c1-34-14-11-19(12-15-34)32-23-7-4-8-25-22(23)17-21(35(25)18-27(28,29)30)6-5-13-31-24-10-9-20(16-26(24)38-2)33-39(3,36)37/h4,7-9,16-17,19,24,31-33H,10-15,18H2,1-3H3. The van der Waals surface area contributed by atoms with Crippen molar-refractivity contribution >= 4 is 26.6 Å². The highest BCUT2D eigenvalue weighted by molar-refractivity contribution is 7.88. The first-order valence-electron chi connectivity index (χ1n) is 12.7. The van der Waals surface area contributed by atoms with Gasteiger partial charge in [0.1, 0.15) is 12.3 Å². The van der Waals surface area contributed by atoms with Gasteiger partial charge in [0, 0.05) is 28.9 Å². The zero-order chi connectivity index (χ0) is 28.2. The average Bonchev–Trinajstić information content (AvgIpc) is 3.19. The number of ether oxygens (including phenoxy) is 1. The molecule has 212 valence electrons. The van der Waals surface area contributed by atoms with E-state index in [1.54, 1.807) is 30.4 Å². The highest BCUT2D eigenvalue weighted by Crippen LogP contribution is 2.31. The van der Waals surface area contributed by atoms with E-state index in [-0.39, 0.29) is 24.3 Å². The van der Waals surface area contributed by atoms with Crippen LogP contribution in [0.4, 0.5) is 18.9 Å². The minimum absolute atomic E-state index is 0.197. The minimum atomic E-state index is -4.40. The quantitative estimate of drug-likeness (QED) is 0.426. The maximum atomic E-state index is 13.5. The van der Waals surface area contributed by atoms with E-state index in [9.17, 15) is 21.6 Å². The Labute approximate surface area is 227 Å². The van der Waals surface area contributed by atoms with Gasteiger partial charge in [-0.1, -0.05) is 18.1 Å². The predicted octanol–water partition coefficient (Wildman–Crippen LogP) is 3.39. The molecular weight excluding hydrogens is 531 g/mol. The third-order valence-corrected chi connectivity index (χ3v) is 7.37. The second-order valence-electron chi connectivity index (χ2n) is 9.95. The Morgan fingerprint density at radius 2 is 1.95 bits per heavy atom. The van der Waals surface area contributed by atoms with Crippen molar-refractivity contribution < 1.29 is 26.3 Å². The summed E-state index contributed by atoms with van der Waals surface area (Å²) in [4.78, 5) is 2.26. The van der Waals surface area contributed by atoms with Gasteiger partial charge in [-0.15, -0.1) is 0 Å². The molecule has 0 amide bonds. The fourth-order valence-electron chi connectivity index (χ4n) is 4.89. The number of aromatic nitrogens is 1. The fourth-order valence-corrected chi connectivity index (χ4v) is 5.46. The van der Waals surface area contributed by atoms with Crippen LogP contribution in [0.2, 0.25) is 0 Å². The molecule has 1 unspecified atom stereocenters. The summed E-state index contributed by atoms with van der Waals surface area (Å²) in [6.45, 7) is 1.01. The Morgan fingerprint density at radius 3 is 2.62 bits per heavy atom. The number of fused-ring (bicyclic) bond motifs is 1. The molecule has 1 aromatic heterocycles. The van der Waals surface area contributed by atoms with Gasteiger partial charge in [-0.05, 0) is 63.5 Å². The molecular formula is C27H34F3N5O3S. The molecule has 8 nitrogen and oxygen atoms in total. The topological polar surface area (TPSA) is 87.6 Å². The summed E-state index contributed by atoms with van der Waals surface area (Å²) in [5, 5.41) is 7.46. The van der Waals surface area contributed by atoms with E-state index in [0.29, 0.717) is 28.8 Å². The Kier molecular flexibility index (Phi) is 8.83. The maximum absolute atomic E-state index is 13.5. The fraction of sp³-hybridized carbons (Fsp3) is 0.481. The van der Waals surface area contributed by atoms with Crippen LogP contribution in [-0.4, -0.2) is 76.2 Å². The number of methoxy groups -OCH3 is 1. The summed E-state index contributed by atoms with van der Waals surface area (Å²) in [6.07, 6.45) is 2.38. The highest BCUT2D eigenvalue weighted by atomic mass is 32.2. The number of hydrogen-bond donors (Lipinski definition) is 3. The smallest absolute Gasteiger partial charge is 0.406 e. The van der Waals surface area contributed by atoms with Gasteiger partial charge in [0.05, 0.1) is 37.2 Å². The monoisotopic (exact) mass is 565 g/mol. The second kappa shape index (κ2) is 11.9. The molecule has 3 N–H and O–H groups in total. The number of halogens is 3. The first-order valence-corrected chi connectivity index (χ1v) is 14.6. The van der Waals surface area contributed by atoms with Crippen LogP contribution >= 0.6 is 0 Å². The van der Waals surface area contributed by atoms with Gasteiger partial charge in [0.2, 0.25) is 10.0 Å². The molecule has 1 aliphatic heterocycles. The van der Waals surface area contributed by atoms with Gasteiger partial charge in [-0.3, -0.25) is 10.0 Å². The van der Waals surface area contributed by atoms with E-state index in [4.69, 9.17) is 4.74 Å². The van der Waals surface area contributed by atoms with Gasteiger partial charge < -0.3 is 19.5 Å². The van der Waals surface area contributed by atoms with Crippen LogP contribution < -0.4 is 15.4 Å². The maximum Gasteiger partial charge on any atom is 0.406 e. The van der Waals surface area contributed by atoms with Gasteiger partial charge in [0.15, 0.2) is 0 Å². The van der Waals surface area contributed by atoms with Crippen LogP contribution in [0.3, 0.4) is 0 Å². The molecule has 0 bridgehead atoms. The lowest BCUT2D eigenvalue weighted by Crippen LogP contribution is -2.36. The molecule has 0 spiro atoms. The van der Waals surface area contributed by atoms with Gasteiger partial charge in [-0.2, -0.15) is 13.2 Å². The lowest BCUT2D eigenvalue weighted by molar-refractivity contribution is -0.140. The molecule has 1 atom stereocenters. The summed E-state index contributed by atoms with van der Waals surface area (Å²) in [5.74, 6) is 6.40. The van der Waals surface area contributed by atoms with Crippen molar-refractivity contribution in [3.63, 3.8) is 0 Å². The number of hydrogen-bond acceptors (Lipinski definition) is 6. The average molecular weight is 566 g/mol. The van der Waals surface area contributed by atoms with Crippen LogP contribution in [0.25, 0.3) is 10.9 Å². The first-order chi connectivity index (χ1) is 18.4. The number of anilines is 1. The molecule has 39 heavy (non-hydrogen) atoms. The summed E-state index contributed by atoms with van der Waals surface area (Å²) >= 11 is 0. The van der Waals surface area contributed by atoms with Gasteiger partial charge in [0.25, 0.3) is 0 Å². The van der Waals surface area contributed by atoms with E-state index < -0.39 is 22.7 Å². The molecule has 1 fully saturated rings. The molecule has 1 aromatic carbocycles. The molecule has 2 heterocycles. The number of allylic oxidation sites excluding steroid dienone is 1. The minimum Gasteiger partial charge on any atom is -0.499 e. The summed E-state index contributed by atoms with van der Waals surface area (Å²) in [5.41, 5.74) is 1.99. The lowest BCUT2D eigenvalue weighted by Gasteiger charge is -2.30. The Bertz CT molecular complexity index is 1410. The van der Waals surface area contributed by atoms with Crippen molar-refractivity contribution in [1.82, 2.24) is 19.5 Å². The number of likely N-dealkylation sites (tertiary alicyclic amines) is 1. The van der Waals surface area contributed by atoms with E-state index in [1.807, 2.05) is 6.07 Å². The van der Waals surface area contributed by atoms with Crippen LogP contribution in [0.5, 0.6) is 0 Å². The number of nitrogens with zero attached hydrogens (tertiary/aromatic N) is 2. The number of piperidine rings is 1. The zero-order valence-electron chi connectivity index (χ0n) is 22.2. The van der Waals surface area contributed by atoms with Gasteiger partial charge in [-0.25, -0.2) is 8.42 Å². The van der Waals surface area contributed by atoms with Crippen molar-refractivity contribution in [2.24, 2.45) is 0 Å². The third kappa shape index (κ3) is 7.94. The molecule has 0 saturated carbocycles. The summed E-state index contributed by atoms with van der Waals surface area (Å²) < 4.78 is 72.6. The molecule has 12 heteroatoms. The van der Waals surface area contributed by atoms with Crippen molar-refractivity contribution in [3.8, 4) is 11.8 Å². The molecule has 0 radical (unpaired) electrons. The zero-order valence-corrected chi connectivity index (χ0v) is 23.0. The van der Waals surface area contributed by atoms with Crippen LogP contribution in [0, 0.1) is 11.8 Å². The van der Waals surface area contributed by atoms with Crippen molar-refractivity contribution in [3.05, 3.63) is 53.6 Å². The van der Waals surface area contributed by atoms with E-state index >= 15 is 0 Å². The predicted molar refractivity (Wildman–Crippen MR) is 147 cm³/mol. The normalized spacial score (nSPS) is 19.2.